The average Bonchev–Trinajstić information content (AvgIpc) is 3.00. The lowest BCUT2D eigenvalue weighted by atomic mass is 9.78. The van der Waals surface area contributed by atoms with E-state index in [1.165, 1.54) is 14.2 Å². The summed E-state index contributed by atoms with van der Waals surface area (Å²) in [6, 6.07) is 7.50. The van der Waals surface area contributed by atoms with Gasteiger partial charge in [0.25, 0.3) is 0 Å². The molecule has 0 spiro atoms. The van der Waals surface area contributed by atoms with Crippen LogP contribution in [-0.4, -0.2) is 27.3 Å². The summed E-state index contributed by atoms with van der Waals surface area (Å²) in [5, 5.41) is 0. The van der Waals surface area contributed by atoms with E-state index in [9.17, 15) is 4.79 Å². The molecule has 0 aromatic heterocycles. The number of carbonyl (C=O) groups excluding carboxylic acids is 1. The Morgan fingerprint density at radius 2 is 1.39 bits per heavy atom. The van der Waals surface area contributed by atoms with Crippen LogP contribution in [0.2, 0.25) is 0 Å². The molecule has 0 saturated carbocycles. The van der Waals surface area contributed by atoms with E-state index in [0.717, 1.165) is 11.1 Å². The van der Waals surface area contributed by atoms with Crippen LogP contribution in [0.1, 0.15) is 64.3 Å². The van der Waals surface area contributed by atoms with E-state index in [1.54, 1.807) is 19.2 Å². The van der Waals surface area contributed by atoms with Crippen molar-refractivity contribution in [2.75, 3.05) is 21.3 Å². The molecule has 6 heteroatoms. The number of hydrogen-bond acceptors (Lipinski definition) is 6. The van der Waals surface area contributed by atoms with E-state index in [1.807, 2.05) is 6.07 Å². The molecule has 0 radical (unpaired) electrons. The van der Waals surface area contributed by atoms with Crippen LogP contribution in [-0.2, 0) is 15.6 Å². The summed E-state index contributed by atoms with van der Waals surface area (Å²) < 4.78 is 28.2. The average molecular weight is 429 g/mol. The normalized spacial score (nSPS) is 15.9. The van der Waals surface area contributed by atoms with Crippen molar-refractivity contribution in [1.29, 1.82) is 0 Å². The number of esters is 1. The molecule has 3 rings (SSSR count). The zero-order valence-electron chi connectivity index (χ0n) is 19.8. The molecular weight excluding hydrogens is 396 g/mol. The fraction of sp³-hybridized carbons (Fsp3) is 0.480. The lowest BCUT2D eigenvalue weighted by molar-refractivity contribution is -0.139. The maximum absolute atomic E-state index is 12.9. The summed E-state index contributed by atoms with van der Waals surface area (Å²) in [7, 11) is 4.61. The van der Waals surface area contributed by atoms with Gasteiger partial charge >= 0.3 is 5.97 Å². The fourth-order valence-corrected chi connectivity index (χ4v) is 3.55. The molecule has 0 bridgehead atoms. The first-order chi connectivity index (χ1) is 14.4. The third kappa shape index (κ3) is 4.29. The van der Waals surface area contributed by atoms with Crippen molar-refractivity contribution >= 4 is 5.97 Å². The second-order valence-corrected chi connectivity index (χ2v) is 9.72. The smallest absolute Gasteiger partial charge is 0.357 e. The second kappa shape index (κ2) is 7.98. The van der Waals surface area contributed by atoms with Crippen LogP contribution in [0.15, 0.2) is 24.3 Å². The van der Waals surface area contributed by atoms with Crippen LogP contribution >= 0.6 is 0 Å². The Bertz CT molecular complexity index is 969. The zero-order chi connectivity index (χ0) is 23.1. The molecule has 1 heterocycles. The van der Waals surface area contributed by atoms with Crippen LogP contribution in [0.4, 0.5) is 0 Å². The number of fused-ring (bicyclic) bond motifs is 1. The SMILES string of the molecule is COc1cc(OC)c(OC2C(=O)Oc3c2cc(C(C)(C)C)cc3C(C)(C)C)c(OC)c1. The molecule has 1 unspecified atom stereocenters. The third-order valence-corrected chi connectivity index (χ3v) is 5.40. The Labute approximate surface area is 184 Å². The van der Waals surface area contributed by atoms with E-state index in [-0.39, 0.29) is 10.8 Å². The number of rotatable bonds is 5. The van der Waals surface area contributed by atoms with Gasteiger partial charge in [0.15, 0.2) is 11.5 Å². The largest absolute Gasteiger partial charge is 0.496 e. The van der Waals surface area contributed by atoms with E-state index < -0.39 is 12.1 Å². The quantitative estimate of drug-likeness (QED) is 0.473. The monoisotopic (exact) mass is 428 g/mol. The maximum Gasteiger partial charge on any atom is 0.357 e. The molecule has 2 aromatic carbocycles. The van der Waals surface area contributed by atoms with Gasteiger partial charge < -0.3 is 23.7 Å². The van der Waals surface area contributed by atoms with Gasteiger partial charge in [0.1, 0.15) is 11.5 Å². The molecule has 31 heavy (non-hydrogen) atoms. The Morgan fingerprint density at radius 3 is 1.84 bits per heavy atom. The molecule has 1 aliphatic heterocycles. The van der Waals surface area contributed by atoms with Gasteiger partial charge in [-0.1, -0.05) is 47.6 Å². The minimum absolute atomic E-state index is 0.110. The first-order valence-corrected chi connectivity index (χ1v) is 10.3. The maximum atomic E-state index is 12.9. The van der Waals surface area contributed by atoms with Gasteiger partial charge in [-0.05, 0) is 22.5 Å². The number of methoxy groups -OCH3 is 3. The molecule has 1 atom stereocenters. The Kier molecular flexibility index (Phi) is 5.87. The van der Waals surface area contributed by atoms with Gasteiger partial charge in [-0.2, -0.15) is 0 Å². The summed E-state index contributed by atoms with van der Waals surface area (Å²) in [4.78, 5) is 12.9. The number of ether oxygens (including phenoxy) is 5. The van der Waals surface area contributed by atoms with Crippen LogP contribution < -0.4 is 23.7 Å². The molecule has 0 fully saturated rings. The summed E-state index contributed by atoms with van der Waals surface area (Å²) in [6.07, 6.45) is -0.936. The zero-order valence-corrected chi connectivity index (χ0v) is 19.8. The van der Waals surface area contributed by atoms with Crippen molar-refractivity contribution in [3.05, 3.63) is 41.0 Å². The van der Waals surface area contributed by atoms with Gasteiger partial charge in [-0.25, -0.2) is 4.79 Å². The van der Waals surface area contributed by atoms with E-state index in [2.05, 4.69) is 47.6 Å². The molecule has 0 N–H and O–H groups in total. The third-order valence-electron chi connectivity index (χ3n) is 5.40. The van der Waals surface area contributed by atoms with Crippen LogP contribution in [0, 0.1) is 0 Å². The first kappa shape index (κ1) is 22.8. The standard InChI is InChI=1S/C25H32O6/c1-24(2,3)14-10-16-20(17(11-14)25(4,5)6)31-23(26)21(16)30-22-18(28-8)12-15(27-7)13-19(22)29-9/h10-13,21H,1-9H3. The minimum Gasteiger partial charge on any atom is -0.496 e. The number of carbonyl (C=O) groups is 1. The fourth-order valence-electron chi connectivity index (χ4n) is 3.55. The molecule has 0 aliphatic carbocycles. The van der Waals surface area contributed by atoms with Crippen LogP contribution in [0.3, 0.4) is 0 Å². The van der Waals surface area contributed by atoms with Crippen molar-refractivity contribution < 1.29 is 28.5 Å². The highest BCUT2D eigenvalue weighted by Gasteiger charge is 2.41. The summed E-state index contributed by atoms with van der Waals surface area (Å²) in [6.45, 7) is 12.7. The Hall–Kier alpha value is -2.89. The van der Waals surface area contributed by atoms with Crippen molar-refractivity contribution in [3.63, 3.8) is 0 Å². The summed E-state index contributed by atoms with van der Waals surface area (Å²) >= 11 is 0. The highest BCUT2D eigenvalue weighted by Crippen LogP contribution is 2.49. The van der Waals surface area contributed by atoms with E-state index in [4.69, 9.17) is 23.7 Å². The number of hydrogen-bond donors (Lipinski definition) is 0. The van der Waals surface area contributed by atoms with Crippen molar-refractivity contribution in [1.82, 2.24) is 0 Å². The minimum atomic E-state index is -0.936. The van der Waals surface area contributed by atoms with Gasteiger partial charge in [0.05, 0.1) is 21.3 Å². The molecule has 0 amide bonds. The molecular formula is C25H32O6. The lowest BCUT2D eigenvalue weighted by Crippen LogP contribution is -2.18. The molecule has 0 saturated heterocycles. The van der Waals surface area contributed by atoms with Gasteiger partial charge in [-0.15, -0.1) is 0 Å². The van der Waals surface area contributed by atoms with Crippen LogP contribution in [0.25, 0.3) is 0 Å². The van der Waals surface area contributed by atoms with E-state index >= 15 is 0 Å². The topological polar surface area (TPSA) is 63.2 Å². The Morgan fingerprint density at radius 1 is 0.806 bits per heavy atom. The lowest BCUT2D eigenvalue weighted by Gasteiger charge is -2.27. The van der Waals surface area contributed by atoms with Crippen LogP contribution in [0.5, 0.6) is 28.7 Å². The predicted octanol–water partition coefficient (Wildman–Crippen LogP) is 5.35. The Balaban J connectivity index is 2.17. The second-order valence-electron chi connectivity index (χ2n) is 9.72. The molecule has 6 nitrogen and oxygen atoms in total. The summed E-state index contributed by atoms with van der Waals surface area (Å²) in [5.74, 6) is 1.79. The summed E-state index contributed by atoms with van der Waals surface area (Å²) in [5.41, 5.74) is 2.47. The molecule has 2 aromatic rings. The van der Waals surface area contributed by atoms with Gasteiger partial charge in [0, 0.05) is 23.3 Å². The highest BCUT2D eigenvalue weighted by molar-refractivity contribution is 5.86. The number of benzene rings is 2. The molecule has 1 aliphatic rings. The van der Waals surface area contributed by atoms with Gasteiger partial charge in [0.2, 0.25) is 11.9 Å². The van der Waals surface area contributed by atoms with E-state index in [0.29, 0.717) is 34.3 Å². The van der Waals surface area contributed by atoms with Crippen molar-refractivity contribution in [3.8, 4) is 28.7 Å². The predicted molar refractivity (Wildman–Crippen MR) is 119 cm³/mol. The first-order valence-electron chi connectivity index (χ1n) is 10.3. The van der Waals surface area contributed by atoms with Gasteiger partial charge in [-0.3, -0.25) is 0 Å². The molecule has 168 valence electrons. The van der Waals surface area contributed by atoms with Crippen molar-refractivity contribution in [2.24, 2.45) is 0 Å². The van der Waals surface area contributed by atoms with Crippen molar-refractivity contribution in [2.45, 2.75) is 58.5 Å². The highest BCUT2D eigenvalue weighted by atomic mass is 16.6.